The number of aromatic nitrogens is 1. The number of sulfonamides is 1. The predicted octanol–water partition coefficient (Wildman–Crippen LogP) is 7.05. The number of benzene rings is 3. The Bertz CT molecular complexity index is 1670. The topological polar surface area (TPSA) is 83.8 Å². The lowest BCUT2D eigenvalue weighted by molar-refractivity contribution is -0.119. The number of carbonyl (C=O) groups is 1. The highest BCUT2D eigenvalue weighted by Crippen LogP contribution is 2.31. The largest absolute Gasteiger partial charge is 0.316 e. The van der Waals surface area contributed by atoms with Crippen molar-refractivity contribution < 1.29 is 13.2 Å². The van der Waals surface area contributed by atoms with E-state index in [9.17, 15) is 13.2 Å². The van der Waals surface area contributed by atoms with Crippen molar-refractivity contribution in [2.75, 3.05) is 10.8 Å². The minimum atomic E-state index is -4.13. The van der Waals surface area contributed by atoms with E-state index in [1.165, 1.54) is 36.5 Å². The van der Waals surface area contributed by atoms with E-state index in [-0.39, 0.29) is 10.6 Å². The molecule has 1 amide bonds. The number of hydrogen-bond acceptors (Lipinski definition) is 4. The van der Waals surface area contributed by atoms with Crippen molar-refractivity contribution in [1.29, 1.82) is 0 Å². The van der Waals surface area contributed by atoms with Crippen LogP contribution in [0, 0.1) is 13.8 Å². The number of aryl methyl sites for hydroxylation is 1. The Labute approximate surface area is 246 Å². The molecule has 7 nitrogen and oxygen atoms in total. The van der Waals surface area contributed by atoms with Crippen molar-refractivity contribution in [3.63, 3.8) is 0 Å². The number of amides is 1. The molecule has 0 aliphatic rings. The number of hydrogen-bond donors (Lipinski definition) is 1. The Morgan fingerprint density at radius 1 is 0.949 bits per heavy atom. The van der Waals surface area contributed by atoms with E-state index in [4.69, 9.17) is 46.4 Å². The SMILES string of the molecule is Cc1cc(/C=N\NC(=O)CN(c2cccc(Cl)c2)S(=O)(=O)c2ccc(Cl)cc2)c(C)n1-c1cccc(Cl)c1Cl. The zero-order valence-electron chi connectivity index (χ0n) is 20.7. The van der Waals surface area contributed by atoms with Crippen LogP contribution in [0.3, 0.4) is 0 Å². The lowest BCUT2D eigenvalue weighted by Crippen LogP contribution is -2.39. The molecule has 0 saturated carbocycles. The van der Waals surface area contributed by atoms with Crippen LogP contribution in [0.2, 0.25) is 20.1 Å². The average molecular weight is 624 g/mol. The van der Waals surface area contributed by atoms with Crippen LogP contribution < -0.4 is 9.73 Å². The van der Waals surface area contributed by atoms with Crippen LogP contribution in [-0.2, 0) is 14.8 Å². The van der Waals surface area contributed by atoms with Crippen molar-refractivity contribution in [1.82, 2.24) is 9.99 Å². The number of carbonyl (C=O) groups excluding carboxylic acids is 1. The van der Waals surface area contributed by atoms with Crippen LogP contribution in [0.25, 0.3) is 5.69 Å². The molecule has 0 unspecified atom stereocenters. The number of halogens is 4. The number of nitrogens with one attached hydrogen (secondary N) is 1. The predicted molar refractivity (Wildman–Crippen MR) is 158 cm³/mol. The van der Waals surface area contributed by atoms with Crippen LogP contribution in [0.1, 0.15) is 17.0 Å². The molecule has 0 aliphatic heterocycles. The zero-order valence-corrected chi connectivity index (χ0v) is 24.5. The van der Waals surface area contributed by atoms with E-state index >= 15 is 0 Å². The van der Waals surface area contributed by atoms with Gasteiger partial charge >= 0.3 is 0 Å². The maximum Gasteiger partial charge on any atom is 0.264 e. The summed E-state index contributed by atoms with van der Waals surface area (Å²) in [5.74, 6) is -0.657. The molecular formula is C27H22Cl4N4O3S. The molecule has 0 fully saturated rings. The fraction of sp³-hybridized carbons (Fsp3) is 0.111. The third-order valence-electron chi connectivity index (χ3n) is 5.82. The number of hydrazone groups is 1. The van der Waals surface area contributed by atoms with Gasteiger partial charge in [0, 0.05) is 27.0 Å². The molecule has 1 heterocycles. The van der Waals surface area contributed by atoms with Crippen molar-refractivity contribution in [2.24, 2.45) is 5.10 Å². The summed E-state index contributed by atoms with van der Waals surface area (Å²) in [6.07, 6.45) is 1.48. The van der Waals surface area contributed by atoms with Gasteiger partial charge in [0.05, 0.1) is 32.5 Å². The minimum Gasteiger partial charge on any atom is -0.316 e. The molecule has 1 aromatic heterocycles. The van der Waals surface area contributed by atoms with E-state index in [2.05, 4.69) is 10.5 Å². The lowest BCUT2D eigenvalue weighted by atomic mass is 10.2. The van der Waals surface area contributed by atoms with Gasteiger partial charge < -0.3 is 4.57 Å². The summed E-state index contributed by atoms with van der Waals surface area (Å²) in [5, 5.41) is 5.61. The van der Waals surface area contributed by atoms with Gasteiger partial charge in [-0.3, -0.25) is 9.10 Å². The van der Waals surface area contributed by atoms with Gasteiger partial charge in [0.2, 0.25) is 0 Å². The average Bonchev–Trinajstić information content (AvgIpc) is 3.17. The van der Waals surface area contributed by atoms with Crippen LogP contribution in [0.15, 0.2) is 82.8 Å². The molecule has 1 N–H and O–H groups in total. The third kappa shape index (κ3) is 6.42. The molecule has 0 saturated heterocycles. The Morgan fingerprint density at radius 3 is 2.33 bits per heavy atom. The molecule has 4 rings (SSSR count). The molecule has 202 valence electrons. The maximum absolute atomic E-state index is 13.5. The Balaban J connectivity index is 1.57. The monoisotopic (exact) mass is 622 g/mol. The summed E-state index contributed by atoms with van der Waals surface area (Å²) in [4.78, 5) is 12.8. The van der Waals surface area contributed by atoms with Crippen molar-refractivity contribution in [3.8, 4) is 5.69 Å². The Kier molecular flexibility index (Phi) is 8.93. The highest BCUT2D eigenvalue weighted by molar-refractivity contribution is 7.92. The van der Waals surface area contributed by atoms with Gasteiger partial charge in [-0.2, -0.15) is 5.10 Å². The Hall–Kier alpha value is -3.01. The van der Waals surface area contributed by atoms with Crippen LogP contribution in [0.4, 0.5) is 5.69 Å². The molecule has 0 spiro atoms. The van der Waals surface area contributed by atoms with E-state index in [0.717, 1.165) is 21.3 Å². The summed E-state index contributed by atoms with van der Waals surface area (Å²) in [5.41, 5.74) is 5.77. The van der Waals surface area contributed by atoms with Gasteiger partial charge in [-0.1, -0.05) is 58.5 Å². The third-order valence-corrected chi connectivity index (χ3v) is 8.90. The van der Waals surface area contributed by atoms with Crippen molar-refractivity contribution in [2.45, 2.75) is 18.7 Å². The van der Waals surface area contributed by atoms with E-state index in [0.29, 0.717) is 25.8 Å². The molecule has 0 bridgehead atoms. The summed E-state index contributed by atoms with van der Waals surface area (Å²) in [6.45, 7) is 3.25. The lowest BCUT2D eigenvalue weighted by Gasteiger charge is -2.23. The molecule has 39 heavy (non-hydrogen) atoms. The first-order valence-corrected chi connectivity index (χ1v) is 14.4. The van der Waals surface area contributed by atoms with Crippen molar-refractivity contribution in [3.05, 3.63) is 110 Å². The maximum atomic E-state index is 13.5. The van der Waals surface area contributed by atoms with Crippen LogP contribution in [-0.4, -0.2) is 31.7 Å². The highest BCUT2D eigenvalue weighted by Gasteiger charge is 2.27. The first-order chi connectivity index (χ1) is 18.5. The second kappa shape index (κ2) is 12.0. The van der Waals surface area contributed by atoms with E-state index in [1.54, 1.807) is 30.3 Å². The molecule has 3 aromatic carbocycles. The first kappa shape index (κ1) is 29.0. The molecule has 4 aromatic rings. The zero-order chi connectivity index (χ0) is 28.3. The molecule has 0 radical (unpaired) electrons. The van der Waals surface area contributed by atoms with Crippen LogP contribution >= 0.6 is 46.4 Å². The summed E-state index contributed by atoms with van der Waals surface area (Å²) in [6, 6.07) is 19.1. The van der Waals surface area contributed by atoms with E-state index < -0.39 is 22.5 Å². The summed E-state index contributed by atoms with van der Waals surface area (Å²) in [7, 11) is -4.13. The number of anilines is 1. The van der Waals surface area contributed by atoms with Gasteiger partial charge in [0.15, 0.2) is 0 Å². The van der Waals surface area contributed by atoms with E-state index in [1.807, 2.05) is 30.5 Å². The van der Waals surface area contributed by atoms with Crippen molar-refractivity contribution >= 4 is 74.2 Å². The Morgan fingerprint density at radius 2 is 1.64 bits per heavy atom. The van der Waals surface area contributed by atoms with Gasteiger partial charge in [-0.05, 0) is 74.5 Å². The fourth-order valence-electron chi connectivity index (χ4n) is 3.97. The number of rotatable bonds is 8. The number of nitrogens with zero attached hydrogens (tertiary/aromatic N) is 3. The second-order valence-electron chi connectivity index (χ2n) is 8.47. The summed E-state index contributed by atoms with van der Waals surface area (Å²) >= 11 is 24.6. The standard InChI is InChI=1S/C27H22Cl4N4O3S/c1-17-13-19(18(2)35(17)25-8-4-7-24(30)27(25)31)15-32-33-26(36)16-34(22-6-3-5-21(29)14-22)39(37,38)23-11-9-20(28)10-12-23/h3-15H,16H2,1-2H3,(H,33,36)/b32-15-. The molecule has 0 aliphatic carbocycles. The van der Waals surface area contributed by atoms with Gasteiger partial charge in [0.1, 0.15) is 6.54 Å². The van der Waals surface area contributed by atoms with Crippen LogP contribution in [0.5, 0.6) is 0 Å². The van der Waals surface area contributed by atoms with Gasteiger partial charge in [-0.25, -0.2) is 13.8 Å². The first-order valence-electron chi connectivity index (χ1n) is 11.5. The minimum absolute atomic E-state index is 0.0321. The molecule has 0 atom stereocenters. The summed E-state index contributed by atoms with van der Waals surface area (Å²) < 4.78 is 29.8. The second-order valence-corrected chi connectivity index (χ2v) is 12.0. The smallest absolute Gasteiger partial charge is 0.264 e. The quantitative estimate of drug-likeness (QED) is 0.169. The fourth-order valence-corrected chi connectivity index (χ4v) is 6.08. The van der Waals surface area contributed by atoms with Gasteiger partial charge in [0.25, 0.3) is 15.9 Å². The molecular weight excluding hydrogens is 602 g/mol. The normalized spacial score (nSPS) is 11.6. The highest BCUT2D eigenvalue weighted by atomic mass is 35.5. The molecule has 12 heteroatoms. The van der Waals surface area contributed by atoms with Gasteiger partial charge in [-0.15, -0.1) is 0 Å².